The molecular formula is C25H32O4. The molecule has 4 heteroatoms. The largest absolute Gasteiger partial charge is 0.451 e. The fourth-order valence-electron chi connectivity index (χ4n) is 7.47. The predicted molar refractivity (Wildman–Crippen MR) is 111 cm³/mol. The first-order valence-corrected chi connectivity index (χ1v) is 10.8. The molecule has 0 amide bonds. The first-order valence-electron chi connectivity index (χ1n) is 10.8. The summed E-state index contributed by atoms with van der Waals surface area (Å²) in [4.78, 5) is 37.0. The molecule has 4 aliphatic rings. The van der Waals surface area contributed by atoms with Gasteiger partial charge in [0, 0.05) is 17.8 Å². The van der Waals surface area contributed by atoms with Crippen LogP contribution in [-0.2, 0) is 19.1 Å². The van der Waals surface area contributed by atoms with Crippen LogP contribution in [-0.4, -0.2) is 23.1 Å². The Labute approximate surface area is 173 Å². The molecule has 0 aliphatic heterocycles. The molecule has 6 atom stereocenters. The normalized spacial score (nSPS) is 43.3. The molecule has 156 valence electrons. The van der Waals surface area contributed by atoms with E-state index in [1.807, 2.05) is 6.08 Å². The number of hydrogen-bond acceptors (Lipinski definition) is 4. The fraction of sp³-hybridized carbons (Fsp3) is 0.640. The number of fused-ring (bicyclic) bond motifs is 5. The minimum absolute atomic E-state index is 0.0289. The van der Waals surface area contributed by atoms with Gasteiger partial charge in [0.15, 0.2) is 17.2 Å². The zero-order chi connectivity index (χ0) is 21.4. The van der Waals surface area contributed by atoms with E-state index in [1.54, 1.807) is 13.0 Å². The second-order valence-corrected chi connectivity index (χ2v) is 10.1. The molecule has 0 bridgehead atoms. The minimum Gasteiger partial charge on any atom is -0.451 e. The summed E-state index contributed by atoms with van der Waals surface area (Å²) in [7, 11) is 0. The summed E-state index contributed by atoms with van der Waals surface area (Å²) in [5, 5.41) is 0. The molecule has 2 fully saturated rings. The smallest absolute Gasteiger partial charge is 0.303 e. The van der Waals surface area contributed by atoms with E-state index in [0.29, 0.717) is 18.3 Å². The molecule has 4 nitrogen and oxygen atoms in total. The average Bonchev–Trinajstić information content (AvgIpc) is 2.91. The molecule has 0 aromatic heterocycles. The van der Waals surface area contributed by atoms with Gasteiger partial charge >= 0.3 is 5.97 Å². The Hall–Kier alpha value is -1.97. The molecule has 0 radical (unpaired) electrons. The van der Waals surface area contributed by atoms with Crippen LogP contribution in [0.5, 0.6) is 0 Å². The van der Waals surface area contributed by atoms with Crippen LogP contribution in [0.3, 0.4) is 0 Å². The van der Waals surface area contributed by atoms with Crippen molar-refractivity contribution in [1.82, 2.24) is 0 Å². The lowest BCUT2D eigenvalue weighted by molar-refractivity contribution is -0.184. The summed E-state index contributed by atoms with van der Waals surface area (Å²) in [6.45, 7) is 11.6. The van der Waals surface area contributed by atoms with Gasteiger partial charge in [-0.1, -0.05) is 31.1 Å². The van der Waals surface area contributed by atoms with Crippen LogP contribution in [0.2, 0.25) is 0 Å². The molecular weight excluding hydrogens is 364 g/mol. The van der Waals surface area contributed by atoms with Gasteiger partial charge in [0.25, 0.3) is 0 Å². The van der Waals surface area contributed by atoms with E-state index in [0.717, 1.165) is 30.4 Å². The van der Waals surface area contributed by atoms with Crippen LogP contribution in [0.1, 0.15) is 67.2 Å². The molecule has 0 aromatic rings. The summed E-state index contributed by atoms with van der Waals surface area (Å²) in [6, 6.07) is 0. The summed E-state index contributed by atoms with van der Waals surface area (Å²) in [6.07, 6.45) is 9.23. The van der Waals surface area contributed by atoms with Crippen LogP contribution in [0.25, 0.3) is 0 Å². The Balaban J connectivity index is 1.82. The summed E-state index contributed by atoms with van der Waals surface area (Å²) < 4.78 is 5.83. The lowest BCUT2D eigenvalue weighted by atomic mass is 9.46. The maximum absolute atomic E-state index is 12.8. The molecule has 29 heavy (non-hydrogen) atoms. The van der Waals surface area contributed by atoms with Gasteiger partial charge in [-0.2, -0.15) is 0 Å². The van der Waals surface area contributed by atoms with Gasteiger partial charge in [-0.25, -0.2) is 0 Å². The quantitative estimate of drug-likeness (QED) is 0.633. The molecule has 0 N–H and O–H groups in total. The van der Waals surface area contributed by atoms with Crippen molar-refractivity contribution in [3.63, 3.8) is 0 Å². The number of Topliss-reactive ketones (excluding diaryl/α,β-unsaturated/α-hetero) is 1. The fourth-order valence-corrected chi connectivity index (χ4v) is 7.47. The first-order chi connectivity index (χ1) is 13.5. The Kier molecular flexibility index (Phi) is 4.39. The summed E-state index contributed by atoms with van der Waals surface area (Å²) in [5.41, 5.74) is 1.95. The van der Waals surface area contributed by atoms with Crippen molar-refractivity contribution in [3.05, 3.63) is 34.9 Å². The zero-order valence-corrected chi connectivity index (χ0v) is 18.4. The van der Waals surface area contributed by atoms with Gasteiger partial charge in [0.2, 0.25) is 0 Å². The highest BCUT2D eigenvalue weighted by molar-refractivity contribution is 6.02. The highest BCUT2D eigenvalue weighted by atomic mass is 16.6. The second kappa shape index (κ2) is 6.26. The maximum atomic E-state index is 12.8. The van der Waals surface area contributed by atoms with Crippen LogP contribution in [0, 0.1) is 28.6 Å². The van der Waals surface area contributed by atoms with E-state index < -0.39 is 5.60 Å². The molecule has 6 unspecified atom stereocenters. The number of hydrogen-bond donors (Lipinski definition) is 0. The SMILES string of the molecule is CC(=O)OC1(C(C)=O)CCC2C3C=C(C)C4=CC(=O)C=C(C)C4(C)C3CCC21C. The van der Waals surface area contributed by atoms with Gasteiger partial charge in [-0.05, 0) is 81.9 Å². The third-order valence-corrected chi connectivity index (χ3v) is 8.97. The number of carbonyl (C=O) groups is 3. The van der Waals surface area contributed by atoms with Gasteiger partial charge < -0.3 is 4.74 Å². The van der Waals surface area contributed by atoms with E-state index in [4.69, 9.17) is 4.74 Å². The van der Waals surface area contributed by atoms with Crippen molar-refractivity contribution in [2.45, 2.75) is 72.8 Å². The van der Waals surface area contributed by atoms with Crippen molar-refractivity contribution < 1.29 is 19.1 Å². The lowest BCUT2D eigenvalue weighted by Crippen LogP contribution is -2.58. The van der Waals surface area contributed by atoms with E-state index >= 15 is 0 Å². The second-order valence-electron chi connectivity index (χ2n) is 10.1. The van der Waals surface area contributed by atoms with Gasteiger partial charge in [0.05, 0.1) is 0 Å². The molecule has 4 aliphatic carbocycles. The number of ether oxygens (including phenoxy) is 1. The molecule has 0 spiro atoms. The zero-order valence-electron chi connectivity index (χ0n) is 18.4. The Morgan fingerprint density at radius 1 is 1.03 bits per heavy atom. The Morgan fingerprint density at radius 2 is 1.69 bits per heavy atom. The standard InChI is InChI=1S/C25H32O4/c1-14-11-19-20-8-10-25(16(3)26,29-17(4)27)23(20,5)9-7-21(19)24(6)15(2)12-18(28)13-22(14)24/h11-13,19-21H,7-10H2,1-6H3. The number of carbonyl (C=O) groups excluding carboxylic acids is 3. The summed E-state index contributed by atoms with van der Waals surface area (Å²) >= 11 is 0. The van der Waals surface area contributed by atoms with Crippen molar-refractivity contribution in [1.29, 1.82) is 0 Å². The average molecular weight is 397 g/mol. The highest BCUT2D eigenvalue weighted by Gasteiger charge is 2.67. The maximum Gasteiger partial charge on any atom is 0.303 e. The van der Waals surface area contributed by atoms with E-state index in [2.05, 4.69) is 33.8 Å². The molecule has 0 heterocycles. The number of rotatable bonds is 2. The van der Waals surface area contributed by atoms with Gasteiger partial charge in [-0.3, -0.25) is 14.4 Å². The molecule has 2 saturated carbocycles. The van der Waals surface area contributed by atoms with Crippen LogP contribution in [0.15, 0.2) is 34.9 Å². The topological polar surface area (TPSA) is 60.4 Å². The Morgan fingerprint density at radius 3 is 2.31 bits per heavy atom. The van der Waals surface area contributed by atoms with Crippen molar-refractivity contribution in [2.75, 3.05) is 0 Å². The Bertz CT molecular complexity index is 906. The van der Waals surface area contributed by atoms with Crippen LogP contribution < -0.4 is 0 Å². The molecule has 0 aromatic carbocycles. The van der Waals surface area contributed by atoms with Crippen LogP contribution in [0.4, 0.5) is 0 Å². The van der Waals surface area contributed by atoms with Gasteiger partial charge in [0.1, 0.15) is 0 Å². The van der Waals surface area contributed by atoms with Crippen molar-refractivity contribution in [3.8, 4) is 0 Å². The minimum atomic E-state index is -1.01. The van der Waals surface area contributed by atoms with E-state index in [1.165, 1.54) is 12.5 Å². The highest BCUT2D eigenvalue weighted by Crippen LogP contribution is 2.68. The number of ketones is 2. The first kappa shape index (κ1) is 20.3. The third-order valence-electron chi connectivity index (χ3n) is 8.97. The summed E-state index contributed by atoms with van der Waals surface area (Å²) in [5.74, 6) is 0.653. The van der Waals surface area contributed by atoms with Crippen molar-refractivity contribution >= 4 is 17.5 Å². The monoisotopic (exact) mass is 396 g/mol. The number of esters is 1. The van der Waals surface area contributed by atoms with Crippen LogP contribution >= 0.6 is 0 Å². The van der Waals surface area contributed by atoms with E-state index in [-0.39, 0.29) is 34.3 Å². The number of allylic oxidation sites excluding steroid dienone is 6. The molecule has 4 rings (SSSR count). The third kappa shape index (κ3) is 2.47. The van der Waals surface area contributed by atoms with E-state index in [9.17, 15) is 14.4 Å². The predicted octanol–water partition coefficient (Wildman–Crippen LogP) is 4.74. The molecule has 0 saturated heterocycles. The lowest BCUT2D eigenvalue weighted by Gasteiger charge is -2.58. The van der Waals surface area contributed by atoms with Gasteiger partial charge in [-0.15, -0.1) is 0 Å². The van der Waals surface area contributed by atoms with Crippen molar-refractivity contribution in [2.24, 2.45) is 28.6 Å².